The number of esters is 1. The summed E-state index contributed by atoms with van der Waals surface area (Å²) in [5.41, 5.74) is 4.68. The molecule has 0 bridgehead atoms. The van der Waals surface area contributed by atoms with Crippen molar-refractivity contribution < 1.29 is 14.3 Å². The number of carbonyl (C=O) groups excluding carboxylic acids is 1. The normalized spacial score (nSPS) is 11.0. The number of fused-ring (bicyclic) bond motifs is 2. The van der Waals surface area contributed by atoms with E-state index in [0.29, 0.717) is 5.88 Å². The molecular weight excluding hydrogens is 328 g/mol. The summed E-state index contributed by atoms with van der Waals surface area (Å²) in [5, 5.41) is 2.09. The molecule has 0 fully saturated rings. The maximum atomic E-state index is 11.0. The minimum atomic E-state index is -0.285. The van der Waals surface area contributed by atoms with Crippen molar-refractivity contribution in [3.8, 4) is 17.1 Å². The third-order valence-electron chi connectivity index (χ3n) is 4.30. The summed E-state index contributed by atoms with van der Waals surface area (Å²) in [7, 11) is 1.63. The van der Waals surface area contributed by atoms with Crippen LogP contribution in [0.25, 0.3) is 33.1 Å². The van der Waals surface area contributed by atoms with Crippen LogP contribution in [-0.4, -0.2) is 23.0 Å². The fraction of sp³-hybridized carbons (Fsp3) is 0.143. The van der Waals surface area contributed by atoms with E-state index in [1.165, 1.54) is 6.92 Å². The van der Waals surface area contributed by atoms with E-state index < -0.39 is 0 Å². The zero-order valence-electron chi connectivity index (χ0n) is 14.6. The minimum Gasteiger partial charge on any atom is -0.480 e. The van der Waals surface area contributed by atoms with Crippen molar-refractivity contribution in [2.75, 3.05) is 7.11 Å². The molecule has 0 amide bonds. The lowest BCUT2D eigenvalue weighted by Gasteiger charge is -2.08. The average molecular weight is 346 g/mol. The second-order valence-corrected chi connectivity index (χ2v) is 6.12. The second kappa shape index (κ2) is 6.52. The molecule has 2 aromatic heterocycles. The fourth-order valence-corrected chi connectivity index (χ4v) is 3.05. The molecule has 130 valence electrons. The molecular formula is C21H18N2O3. The van der Waals surface area contributed by atoms with Gasteiger partial charge in [-0.2, -0.15) is 0 Å². The summed E-state index contributed by atoms with van der Waals surface area (Å²) < 4.78 is 10.6. The molecule has 1 N–H and O–H groups in total. The van der Waals surface area contributed by atoms with Crippen molar-refractivity contribution in [3.05, 3.63) is 60.2 Å². The first-order chi connectivity index (χ1) is 12.6. The summed E-state index contributed by atoms with van der Waals surface area (Å²) in [6.45, 7) is 1.68. The third-order valence-corrected chi connectivity index (χ3v) is 4.30. The summed E-state index contributed by atoms with van der Waals surface area (Å²) in [4.78, 5) is 19.0. The summed E-state index contributed by atoms with van der Waals surface area (Å²) >= 11 is 0. The van der Waals surface area contributed by atoms with E-state index in [4.69, 9.17) is 9.47 Å². The van der Waals surface area contributed by atoms with Crippen LogP contribution in [0.1, 0.15) is 12.5 Å². The molecule has 4 aromatic rings. The number of nitrogens with zero attached hydrogens (tertiary/aromatic N) is 1. The molecule has 0 aliphatic heterocycles. The summed E-state index contributed by atoms with van der Waals surface area (Å²) in [6.07, 6.45) is 0. The van der Waals surface area contributed by atoms with Crippen LogP contribution in [0.3, 0.4) is 0 Å². The van der Waals surface area contributed by atoms with Gasteiger partial charge in [-0.15, -0.1) is 0 Å². The molecule has 5 nitrogen and oxygen atoms in total. The van der Waals surface area contributed by atoms with Gasteiger partial charge in [0.15, 0.2) is 0 Å². The minimum absolute atomic E-state index is 0.270. The Hall–Kier alpha value is -3.34. The van der Waals surface area contributed by atoms with Crippen LogP contribution in [-0.2, 0) is 16.1 Å². The molecule has 0 spiro atoms. The number of para-hydroxylation sites is 1. The SMILES string of the molecule is COc1nc2ccccc2cc1-c1cc2cc(COC(C)=O)ccc2[nH]1. The molecule has 2 aromatic carbocycles. The standard InChI is InChI=1S/C21H18N2O3/c1-13(24)26-12-14-7-8-19-16(9-14)11-20(22-19)17-10-15-5-3-4-6-18(15)23-21(17)25-2/h3-11,22H,12H2,1-2H3. The Morgan fingerprint density at radius 1 is 1.08 bits per heavy atom. The monoisotopic (exact) mass is 346 g/mol. The lowest BCUT2D eigenvalue weighted by Crippen LogP contribution is -1.98. The van der Waals surface area contributed by atoms with Crippen molar-refractivity contribution in [1.82, 2.24) is 9.97 Å². The number of hydrogen-bond donors (Lipinski definition) is 1. The third kappa shape index (κ3) is 2.99. The van der Waals surface area contributed by atoms with Gasteiger partial charge in [-0.25, -0.2) is 4.98 Å². The van der Waals surface area contributed by atoms with Crippen molar-refractivity contribution in [2.24, 2.45) is 0 Å². The quantitative estimate of drug-likeness (QED) is 0.554. The van der Waals surface area contributed by atoms with Crippen molar-refractivity contribution in [2.45, 2.75) is 13.5 Å². The van der Waals surface area contributed by atoms with E-state index in [0.717, 1.165) is 38.6 Å². The van der Waals surface area contributed by atoms with Crippen LogP contribution < -0.4 is 4.74 Å². The molecule has 0 saturated heterocycles. The molecule has 0 radical (unpaired) electrons. The van der Waals surface area contributed by atoms with Crippen LogP contribution in [0, 0.1) is 0 Å². The van der Waals surface area contributed by atoms with Crippen molar-refractivity contribution in [1.29, 1.82) is 0 Å². The van der Waals surface area contributed by atoms with Gasteiger partial charge >= 0.3 is 5.97 Å². The van der Waals surface area contributed by atoms with Gasteiger partial charge in [-0.05, 0) is 35.9 Å². The number of aromatic amines is 1. The van der Waals surface area contributed by atoms with Gasteiger partial charge < -0.3 is 14.5 Å². The van der Waals surface area contributed by atoms with Crippen LogP contribution in [0.2, 0.25) is 0 Å². The number of aromatic nitrogens is 2. The Bertz CT molecular complexity index is 1110. The molecule has 2 heterocycles. The van der Waals surface area contributed by atoms with E-state index >= 15 is 0 Å². The molecule has 0 saturated carbocycles. The molecule has 0 unspecified atom stereocenters. The molecule has 0 atom stereocenters. The van der Waals surface area contributed by atoms with E-state index in [1.54, 1.807) is 7.11 Å². The molecule has 0 aliphatic carbocycles. The van der Waals surface area contributed by atoms with Gasteiger partial charge in [0.05, 0.1) is 23.9 Å². The highest BCUT2D eigenvalue weighted by Crippen LogP contribution is 2.33. The van der Waals surface area contributed by atoms with Crippen LogP contribution in [0.5, 0.6) is 5.88 Å². The van der Waals surface area contributed by atoms with Crippen molar-refractivity contribution in [3.63, 3.8) is 0 Å². The Morgan fingerprint density at radius 3 is 2.73 bits per heavy atom. The van der Waals surface area contributed by atoms with Gasteiger partial charge in [0.1, 0.15) is 6.61 Å². The van der Waals surface area contributed by atoms with Gasteiger partial charge in [0.2, 0.25) is 5.88 Å². The number of H-pyrrole nitrogens is 1. The van der Waals surface area contributed by atoms with Gasteiger partial charge in [-0.1, -0.05) is 24.3 Å². The first kappa shape index (κ1) is 16.1. The second-order valence-electron chi connectivity index (χ2n) is 6.12. The Kier molecular flexibility index (Phi) is 4.05. The smallest absolute Gasteiger partial charge is 0.302 e. The van der Waals surface area contributed by atoms with E-state index in [1.807, 2.05) is 42.5 Å². The zero-order chi connectivity index (χ0) is 18.1. The number of carbonyl (C=O) groups is 1. The number of benzene rings is 2. The van der Waals surface area contributed by atoms with Gasteiger partial charge in [-0.3, -0.25) is 4.79 Å². The maximum Gasteiger partial charge on any atom is 0.302 e. The predicted octanol–water partition coefficient (Wildman–Crippen LogP) is 4.45. The number of hydrogen-bond acceptors (Lipinski definition) is 4. The van der Waals surface area contributed by atoms with Crippen LogP contribution in [0.4, 0.5) is 0 Å². The molecule has 26 heavy (non-hydrogen) atoms. The summed E-state index contributed by atoms with van der Waals surface area (Å²) in [5.74, 6) is 0.294. The van der Waals surface area contributed by atoms with E-state index in [2.05, 4.69) is 22.1 Å². The number of nitrogens with one attached hydrogen (secondary N) is 1. The van der Waals surface area contributed by atoms with Gasteiger partial charge in [0, 0.05) is 23.2 Å². The first-order valence-corrected chi connectivity index (χ1v) is 8.33. The summed E-state index contributed by atoms with van der Waals surface area (Å²) in [6, 6.07) is 18.0. The predicted molar refractivity (Wildman–Crippen MR) is 101 cm³/mol. The molecule has 0 aliphatic rings. The zero-order valence-corrected chi connectivity index (χ0v) is 14.6. The van der Waals surface area contributed by atoms with Crippen LogP contribution in [0.15, 0.2) is 54.6 Å². The number of ether oxygens (including phenoxy) is 2. The maximum absolute atomic E-state index is 11.0. The highest BCUT2D eigenvalue weighted by atomic mass is 16.5. The lowest BCUT2D eigenvalue weighted by molar-refractivity contribution is -0.142. The van der Waals surface area contributed by atoms with E-state index in [9.17, 15) is 4.79 Å². The number of rotatable bonds is 4. The Morgan fingerprint density at radius 2 is 1.92 bits per heavy atom. The van der Waals surface area contributed by atoms with Crippen LogP contribution >= 0.6 is 0 Å². The van der Waals surface area contributed by atoms with Gasteiger partial charge in [0.25, 0.3) is 0 Å². The Balaban J connectivity index is 1.78. The Labute approximate surface area is 150 Å². The molecule has 4 rings (SSSR count). The van der Waals surface area contributed by atoms with Crippen molar-refractivity contribution >= 4 is 27.8 Å². The number of methoxy groups -OCH3 is 1. The fourth-order valence-electron chi connectivity index (χ4n) is 3.05. The highest BCUT2D eigenvalue weighted by molar-refractivity contribution is 5.91. The topological polar surface area (TPSA) is 64.2 Å². The molecule has 5 heteroatoms. The number of pyridine rings is 1. The lowest BCUT2D eigenvalue weighted by atomic mass is 10.1. The average Bonchev–Trinajstić information content (AvgIpc) is 3.08. The van der Waals surface area contributed by atoms with E-state index in [-0.39, 0.29) is 12.6 Å². The first-order valence-electron chi connectivity index (χ1n) is 8.33. The highest BCUT2D eigenvalue weighted by Gasteiger charge is 2.12. The largest absolute Gasteiger partial charge is 0.480 e.